The number of nitro groups is 2. The second-order valence-corrected chi connectivity index (χ2v) is 7.90. The van der Waals surface area contributed by atoms with Gasteiger partial charge in [-0.05, 0) is 40.2 Å². The molecule has 0 bridgehead atoms. The smallest absolute Gasteiger partial charge is 0.337 e. The van der Waals surface area contributed by atoms with Gasteiger partial charge in [-0.15, -0.1) is 0 Å². The Morgan fingerprint density at radius 2 is 1.71 bits per heavy atom. The topological polar surface area (TPSA) is 163 Å². The zero-order valence-electron chi connectivity index (χ0n) is 13.5. The quantitative estimate of drug-likeness (QED) is 0.338. The van der Waals surface area contributed by atoms with Crippen LogP contribution in [0.5, 0.6) is 0 Å². The Balaban J connectivity index is 2.07. The number of nitrogens with one attached hydrogen (secondary N) is 1. The maximum Gasteiger partial charge on any atom is 0.337 e. The van der Waals surface area contributed by atoms with E-state index in [4.69, 9.17) is 4.42 Å². The first kappa shape index (κ1) is 19.4. The summed E-state index contributed by atoms with van der Waals surface area (Å²) in [6.45, 7) is 0. The van der Waals surface area contributed by atoms with E-state index in [1.807, 2.05) is 0 Å². The SMILES string of the molecule is O=c1cc(Br)c2cc(NS(=O)(=O)c3ccc([N+](=O)[O-])cc3[N+](=O)[O-])ccc2o1. The van der Waals surface area contributed by atoms with Crippen molar-refractivity contribution >= 4 is 54.0 Å². The van der Waals surface area contributed by atoms with Crippen LogP contribution in [-0.2, 0) is 10.0 Å². The lowest BCUT2D eigenvalue weighted by Gasteiger charge is -2.09. The van der Waals surface area contributed by atoms with E-state index < -0.39 is 41.8 Å². The molecule has 11 nitrogen and oxygen atoms in total. The lowest BCUT2D eigenvalue weighted by Crippen LogP contribution is -2.15. The summed E-state index contributed by atoms with van der Waals surface area (Å²) < 4.78 is 32.7. The molecule has 1 heterocycles. The summed E-state index contributed by atoms with van der Waals surface area (Å²) in [6, 6.07) is 7.37. The molecule has 0 atom stereocenters. The fraction of sp³-hybridized carbons (Fsp3) is 0. The second-order valence-electron chi connectivity index (χ2n) is 5.40. The van der Waals surface area contributed by atoms with Gasteiger partial charge in [0.05, 0.1) is 15.9 Å². The number of rotatable bonds is 5. The largest absolute Gasteiger partial charge is 0.423 e. The molecule has 28 heavy (non-hydrogen) atoms. The van der Waals surface area contributed by atoms with Gasteiger partial charge in [0.1, 0.15) is 5.58 Å². The summed E-state index contributed by atoms with van der Waals surface area (Å²) >= 11 is 3.17. The average molecular weight is 470 g/mol. The first-order valence-electron chi connectivity index (χ1n) is 7.27. The summed E-state index contributed by atoms with van der Waals surface area (Å²) in [6.07, 6.45) is 0. The maximum atomic E-state index is 12.6. The number of nitrogens with zero attached hydrogens (tertiary/aromatic N) is 2. The van der Waals surface area contributed by atoms with Crippen LogP contribution < -0.4 is 10.3 Å². The zero-order valence-corrected chi connectivity index (χ0v) is 15.9. The van der Waals surface area contributed by atoms with Crippen molar-refractivity contribution in [1.29, 1.82) is 0 Å². The minimum atomic E-state index is -4.44. The third-order valence-electron chi connectivity index (χ3n) is 3.58. The van der Waals surface area contributed by atoms with Crippen molar-refractivity contribution in [3.8, 4) is 0 Å². The van der Waals surface area contributed by atoms with Crippen molar-refractivity contribution in [3.05, 3.63) is 77.6 Å². The molecule has 13 heteroatoms. The third-order valence-corrected chi connectivity index (χ3v) is 5.67. The number of hydrogen-bond donors (Lipinski definition) is 1. The normalized spacial score (nSPS) is 11.3. The van der Waals surface area contributed by atoms with Gasteiger partial charge in [-0.2, -0.15) is 0 Å². The van der Waals surface area contributed by atoms with Crippen molar-refractivity contribution in [3.63, 3.8) is 0 Å². The van der Waals surface area contributed by atoms with E-state index in [2.05, 4.69) is 20.7 Å². The van der Waals surface area contributed by atoms with Gasteiger partial charge >= 0.3 is 5.63 Å². The van der Waals surface area contributed by atoms with Gasteiger partial charge in [-0.25, -0.2) is 13.2 Å². The Labute approximate surface area is 164 Å². The molecular formula is C15H8BrN3O8S. The third kappa shape index (κ3) is 3.70. The van der Waals surface area contributed by atoms with E-state index in [1.54, 1.807) is 0 Å². The van der Waals surface area contributed by atoms with Crippen LogP contribution >= 0.6 is 15.9 Å². The van der Waals surface area contributed by atoms with Crippen LogP contribution in [0.4, 0.5) is 17.1 Å². The van der Waals surface area contributed by atoms with Gasteiger partial charge in [0.15, 0.2) is 4.90 Å². The molecular weight excluding hydrogens is 462 g/mol. The fourth-order valence-electron chi connectivity index (χ4n) is 2.39. The van der Waals surface area contributed by atoms with E-state index in [-0.39, 0.29) is 11.3 Å². The van der Waals surface area contributed by atoms with Crippen LogP contribution in [0.2, 0.25) is 0 Å². The number of benzene rings is 2. The highest BCUT2D eigenvalue weighted by Crippen LogP contribution is 2.31. The maximum absolute atomic E-state index is 12.6. The van der Waals surface area contributed by atoms with Crippen molar-refractivity contribution in [2.24, 2.45) is 0 Å². The Hall–Kier alpha value is -3.32. The molecule has 0 spiro atoms. The lowest BCUT2D eigenvalue weighted by atomic mass is 10.2. The van der Waals surface area contributed by atoms with Gasteiger partial charge in [-0.3, -0.25) is 25.0 Å². The summed E-state index contributed by atoms with van der Waals surface area (Å²) in [5.41, 5.74) is -1.92. The molecule has 0 saturated carbocycles. The van der Waals surface area contributed by atoms with Crippen molar-refractivity contribution in [2.45, 2.75) is 4.90 Å². The standard InChI is InChI=1S/C15H8BrN3O8S/c16-11-7-15(20)27-13-3-1-8(5-10(11)13)17-28(25,26)14-4-2-9(18(21)22)6-12(14)19(23)24/h1-7,17H. The van der Waals surface area contributed by atoms with Crippen molar-refractivity contribution < 1.29 is 22.7 Å². The van der Waals surface area contributed by atoms with Gasteiger partial charge in [-0.1, -0.05) is 0 Å². The Morgan fingerprint density at radius 1 is 1.00 bits per heavy atom. The lowest BCUT2D eigenvalue weighted by molar-refractivity contribution is -0.396. The Kier molecular flexibility index (Phi) is 4.87. The number of anilines is 1. The Morgan fingerprint density at radius 3 is 2.36 bits per heavy atom. The molecule has 0 fully saturated rings. The summed E-state index contributed by atoms with van der Waals surface area (Å²) in [7, 11) is -4.44. The number of hydrogen-bond acceptors (Lipinski definition) is 8. The minimum absolute atomic E-state index is 0.0368. The zero-order chi connectivity index (χ0) is 20.6. The van der Waals surface area contributed by atoms with E-state index >= 15 is 0 Å². The molecule has 0 amide bonds. The van der Waals surface area contributed by atoms with Crippen molar-refractivity contribution in [1.82, 2.24) is 0 Å². The number of nitro benzene ring substituents is 2. The molecule has 0 saturated heterocycles. The molecule has 144 valence electrons. The fourth-order valence-corrected chi connectivity index (χ4v) is 4.09. The highest BCUT2D eigenvalue weighted by molar-refractivity contribution is 9.10. The van der Waals surface area contributed by atoms with Gasteiger partial charge in [0.25, 0.3) is 21.4 Å². The van der Waals surface area contributed by atoms with E-state index in [9.17, 15) is 33.4 Å². The number of fused-ring (bicyclic) bond motifs is 1. The number of non-ortho nitro benzene ring substituents is 1. The number of halogens is 1. The van der Waals surface area contributed by atoms with Crippen LogP contribution in [0, 0.1) is 20.2 Å². The molecule has 1 N–H and O–H groups in total. The summed E-state index contributed by atoms with van der Waals surface area (Å²) in [5.74, 6) is 0. The molecule has 0 aliphatic carbocycles. The molecule has 3 rings (SSSR count). The molecule has 1 aromatic heterocycles. The Bertz CT molecular complexity index is 1300. The highest BCUT2D eigenvalue weighted by Gasteiger charge is 2.28. The van der Waals surface area contributed by atoms with Crippen molar-refractivity contribution in [2.75, 3.05) is 4.72 Å². The summed E-state index contributed by atoms with van der Waals surface area (Å²) in [5, 5.41) is 22.4. The predicted molar refractivity (Wildman–Crippen MR) is 101 cm³/mol. The first-order chi connectivity index (χ1) is 13.1. The van der Waals surface area contributed by atoms with Crippen LogP contribution in [0.3, 0.4) is 0 Å². The van der Waals surface area contributed by atoms with Crippen LogP contribution in [0.25, 0.3) is 11.0 Å². The van der Waals surface area contributed by atoms with E-state index in [1.165, 1.54) is 18.2 Å². The molecule has 0 radical (unpaired) electrons. The molecule has 0 aliphatic rings. The minimum Gasteiger partial charge on any atom is -0.423 e. The van der Waals surface area contributed by atoms with Crippen LogP contribution in [0.15, 0.2) is 61.0 Å². The summed E-state index contributed by atoms with van der Waals surface area (Å²) in [4.78, 5) is 30.7. The molecule has 0 aliphatic heterocycles. The highest BCUT2D eigenvalue weighted by atomic mass is 79.9. The number of sulfonamides is 1. The van der Waals surface area contributed by atoms with E-state index in [0.29, 0.717) is 15.9 Å². The van der Waals surface area contributed by atoms with E-state index in [0.717, 1.165) is 18.2 Å². The van der Waals surface area contributed by atoms with Gasteiger partial charge in [0, 0.05) is 27.7 Å². The monoisotopic (exact) mass is 469 g/mol. The van der Waals surface area contributed by atoms with Crippen LogP contribution in [0.1, 0.15) is 0 Å². The first-order valence-corrected chi connectivity index (χ1v) is 9.55. The molecule has 2 aromatic carbocycles. The second kappa shape index (κ2) is 7.01. The predicted octanol–water partition coefficient (Wildman–Crippen LogP) is 3.17. The average Bonchev–Trinajstić information content (AvgIpc) is 2.61. The van der Waals surface area contributed by atoms with Crippen LogP contribution in [-0.4, -0.2) is 18.3 Å². The van der Waals surface area contributed by atoms with Gasteiger partial charge in [0.2, 0.25) is 0 Å². The molecule has 3 aromatic rings. The molecule has 0 unspecified atom stereocenters. The van der Waals surface area contributed by atoms with Gasteiger partial charge < -0.3 is 4.42 Å².